The lowest BCUT2D eigenvalue weighted by molar-refractivity contribution is 0.619. The smallest absolute Gasteiger partial charge is 0.169 e. The number of halogens is 2. The van der Waals surface area contributed by atoms with Crippen LogP contribution in [0.5, 0.6) is 0 Å². The average Bonchev–Trinajstić information content (AvgIpc) is 1.77. The van der Waals surface area contributed by atoms with E-state index in [0.29, 0.717) is 0 Å². The summed E-state index contributed by atoms with van der Waals surface area (Å²) in [6.07, 6.45) is 3.43. The first-order valence-electron chi connectivity index (χ1n) is 1.98. The zero-order valence-corrected chi connectivity index (χ0v) is 4.61. The monoisotopic (exact) mass is 130 g/mol. The second-order valence-corrected chi connectivity index (χ2v) is 1.63. The summed E-state index contributed by atoms with van der Waals surface area (Å²) in [5.74, 6) is -0.603. The number of rotatable bonds is 0. The summed E-state index contributed by atoms with van der Waals surface area (Å²) in [6, 6.07) is 1.37. The van der Waals surface area contributed by atoms with Crippen LogP contribution in [0.15, 0.2) is 12.3 Å². The molecule has 0 bridgehead atoms. The van der Waals surface area contributed by atoms with Crippen LogP contribution in [0.1, 0.15) is 0 Å². The average molecular weight is 131 g/mol. The van der Waals surface area contributed by atoms with Crippen LogP contribution in [0.25, 0.3) is 0 Å². The number of hydrogen-bond acceptors (Lipinski definition) is 1. The third-order valence-electron chi connectivity index (χ3n) is 0.668. The van der Waals surface area contributed by atoms with E-state index in [1.54, 1.807) is 0 Å². The second kappa shape index (κ2) is 2.09. The van der Waals surface area contributed by atoms with Gasteiger partial charge in [0.15, 0.2) is 5.82 Å². The van der Waals surface area contributed by atoms with Gasteiger partial charge >= 0.3 is 0 Å². The molecular weight excluding hydrogens is 129 g/mol. The molecule has 0 aliphatic rings. The molecule has 3 heteroatoms. The van der Waals surface area contributed by atoms with Gasteiger partial charge in [0.25, 0.3) is 0 Å². The van der Waals surface area contributed by atoms with E-state index in [1.807, 2.05) is 0 Å². The van der Waals surface area contributed by atoms with E-state index in [2.05, 4.69) is 11.2 Å². The van der Waals surface area contributed by atoms with Crippen LogP contribution in [0, 0.1) is 12.0 Å². The van der Waals surface area contributed by atoms with Gasteiger partial charge < -0.3 is 0 Å². The van der Waals surface area contributed by atoms with Gasteiger partial charge in [-0.3, -0.25) is 4.98 Å². The molecule has 1 nitrogen and oxygen atoms in total. The van der Waals surface area contributed by atoms with Gasteiger partial charge in [-0.05, 0) is 6.07 Å². The van der Waals surface area contributed by atoms with Crippen molar-refractivity contribution >= 4 is 11.6 Å². The largest absolute Gasteiger partial charge is 0.251 e. The first-order valence-corrected chi connectivity index (χ1v) is 2.36. The Hall–Kier alpha value is -0.630. The van der Waals surface area contributed by atoms with Gasteiger partial charge in [-0.15, -0.1) is 0 Å². The summed E-state index contributed by atoms with van der Waals surface area (Å²) >= 11 is 5.26. The molecule has 0 aromatic carbocycles. The first kappa shape index (κ1) is 5.51. The van der Waals surface area contributed by atoms with Crippen molar-refractivity contribution in [2.75, 3.05) is 0 Å². The Balaban J connectivity index is 3.13. The van der Waals surface area contributed by atoms with Gasteiger partial charge in [-0.2, -0.15) is 0 Å². The highest BCUT2D eigenvalue weighted by atomic mass is 35.5. The molecule has 0 amide bonds. The topological polar surface area (TPSA) is 12.9 Å². The molecule has 1 rings (SSSR count). The van der Waals surface area contributed by atoms with E-state index in [4.69, 9.17) is 11.6 Å². The molecule has 1 heterocycles. The third kappa shape index (κ3) is 0.954. The molecule has 0 N–H and O–H groups in total. The van der Waals surface area contributed by atoms with Crippen molar-refractivity contribution in [1.82, 2.24) is 4.98 Å². The predicted octanol–water partition coefficient (Wildman–Crippen LogP) is 1.67. The lowest BCUT2D eigenvalue weighted by Crippen LogP contribution is -1.76. The molecule has 0 fully saturated rings. The number of pyridine rings is 1. The van der Waals surface area contributed by atoms with Crippen LogP contribution >= 0.6 is 11.6 Å². The molecule has 0 atom stereocenters. The maximum atomic E-state index is 12.1. The normalized spacial score (nSPS) is 9.25. The Morgan fingerprint density at radius 1 is 1.75 bits per heavy atom. The molecule has 1 radical (unpaired) electrons. The van der Waals surface area contributed by atoms with Crippen LogP contribution in [0.2, 0.25) is 5.02 Å². The molecule has 0 aliphatic heterocycles. The predicted molar refractivity (Wildman–Crippen MR) is 28.0 cm³/mol. The summed E-state index contributed by atoms with van der Waals surface area (Å²) in [7, 11) is 0. The van der Waals surface area contributed by atoms with Crippen molar-refractivity contribution in [3.05, 3.63) is 29.3 Å². The van der Waals surface area contributed by atoms with Gasteiger partial charge in [0.2, 0.25) is 0 Å². The van der Waals surface area contributed by atoms with Crippen molar-refractivity contribution in [3.8, 4) is 0 Å². The Morgan fingerprint density at radius 3 is 2.88 bits per heavy atom. The van der Waals surface area contributed by atoms with E-state index >= 15 is 0 Å². The van der Waals surface area contributed by atoms with Crippen molar-refractivity contribution in [2.24, 2.45) is 0 Å². The molecule has 0 saturated carbocycles. The van der Waals surface area contributed by atoms with Gasteiger partial charge in [0, 0.05) is 6.20 Å². The second-order valence-electron chi connectivity index (χ2n) is 1.22. The molecule has 41 valence electrons. The summed E-state index contributed by atoms with van der Waals surface area (Å²) in [6.45, 7) is 0. The molecule has 0 aliphatic carbocycles. The third-order valence-corrected chi connectivity index (χ3v) is 0.960. The minimum Gasteiger partial charge on any atom is -0.251 e. The molecule has 0 spiro atoms. The molecule has 8 heavy (non-hydrogen) atoms. The molecule has 1 aromatic heterocycles. The SMILES string of the molecule is Fc1[c]nccc1Cl. The van der Waals surface area contributed by atoms with Crippen molar-refractivity contribution < 1.29 is 4.39 Å². The number of hydrogen-bond donors (Lipinski definition) is 0. The maximum Gasteiger partial charge on any atom is 0.169 e. The lowest BCUT2D eigenvalue weighted by Gasteiger charge is -1.85. The minimum atomic E-state index is -0.603. The highest BCUT2D eigenvalue weighted by Gasteiger charge is 1.93. The van der Waals surface area contributed by atoms with Gasteiger partial charge in [-0.1, -0.05) is 11.6 Å². The fourth-order valence-corrected chi connectivity index (χ4v) is 0.422. The van der Waals surface area contributed by atoms with Crippen LogP contribution in [0.4, 0.5) is 4.39 Å². The van der Waals surface area contributed by atoms with E-state index in [-0.39, 0.29) is 5.02 Å². The maximum absolute atomic E-state index is 12.1. The van der Waals surface area contributed by atoms with E-state index in [1.165, 1.54) is 12.3 Å². The van der Waals surface area contributed by atoms with Crippen LogP contribution in [-0.4, -0.2) is 4.98 Å². The Morgan fingerprint density at radius 2 is 2.50 bits per heavy atom. The molecular formula is C5H2ClFN. The minimum absolute atomic E-state index is 0.0556. The van der Waals surface area contributed by atoms with Gasteiger partial charge in [-0.25, -0.2) is 4.39 Å². The highest BCUT2D eigenvalue weighted by Crippen LogP contribution is 2.08. The van der Waals surface area contributed by atoms with E-state index in [0.717, 1.165) is 0 Å². The number of aromatic nitrogens is 1. The number of nitrogens with zero attached hydrogens (tertiary/aromatic N) is 1. The zero-order valence-electron chi connectivity index (χ0n) is 3.86. The first-order chi connectivity index (χ1) is 3.80. The fourth-order valence-electron chi connectivity index (χ4n) is 0.323. The fraction of sp³-hybridized carbons (Fsp3) is 0. The summed E-state index contributed by atoms with van der Waals surface area (Å²) < 4.78 is 12.1. The molecule has 0 saturated heterocycles. The van der Waals surface area contributed by atoms with Crippen molar-refractivity contribution in [1.29, 1.82) is 0 Å². The highest BCUT2D eigenvalue weighted by molar-refractivity contribution is 6.30. The van der Waals surface area contributed by atoms with Gasteiger partial charge in [0.05, 0.1) is 5.02 Å². The van der Waals surface area contributed by atoms with Crippen LogP contribution < -0.4 is 0 Å². The van der Waals surface area contributed by atoms with Gasteiger partial charge in [0.1, 0.15) is 6.20 Å². The van der Waals surface area contributed by atoms with Crippen LogP contribution in [0.3, 0.4) is 0 Å². The van der Waals surface area contributed by atoms with Crippen molar-refractivity contribution in [2.45, 2.75) is 0 Å². The molecule has 1 aromatic rings. The van der Waals surface area contributed by atoms with E-state index < -0.39 is 5.82 Å². The molecule has 0 unspecified atom stereocenters. The summed E-state index contributed by atoms with van der Waals surface area (Å²) in [4.78, 5) is 3.36. The summed E-state index contributed by atoms with van der Waals surface area (Å²) in [5.41, 5.74) is 0. The summed E-state index contributed by atoms with van der Waals surface area (Å²) in [5, 5.41) is 0.0556. The standard InChI is InChI=1S/C5H2ClFN/c6-4-1-2-8-3-5(4)7/h1-2H. The Bertz CT molecular complexity index is 169. The van der Waals surface area contributed by atoms with E-state index in [9.17, 15) is 4.39 Å². The van der Waals surface area contributed by atoms with Crippen LogP contribution in [-0.2, 0) is 0 Å². The quantitative estimate of drug-likeness (QED) is 0.521. The Labute approximate surface area is 51.1 Å². The Kier molecular flexibility index (Phi) is 1.44. The zero-order chi connectivity index (χ0) is 5.98. The van der Waals surface area contributed by atoms with Crippen molar-refractivity contribution in [3.63, 3.8) is 0 Å². The lowest BCUT2D eigenvalue weighted by atomic mass is 10.5.